The zero-order valence-corrected chi connectivity index (χ0v) is 13.2. The van der Waals surface area contributed by atoms with Crippen molar-refractivity contribution in [1.29, 1.82) is 0 Å². The first-order chi connectivity index (χ1) is 12.0. The van der Waals surface area contributed by atoms with Crippen molar-refractivity contribution in [3.8, 4) is 11.5 Å². The molecule has 0 bridgehead atoms. The normalized spacial score (nSPS) is 10.9. The number of amides is 2. The highest BCUT2D eigenvalue weighted by molar-refractivity contribution is 5.94. The lowest BCUT2D eigenvalue weighted by Gasteiger charge is -2.02. The largest absolute Gasteiger partial charge is 0.508 e. The predicted octanol–water partition coefficient (Wildman–Crippen LogP) is 1.38. The average molecular weight is 339 g/mol. The Hall–Kier alpha value is -3.61. The molecule has 0 unspecified atom stereocenters. The van der Waals surface area contributed by atoms with Crippen molar-refractivity contribution >= 4 is 24.1 Å². The zero-order valence-electron chi connectivity index (χ0n) is 13.2. The molecule has 4 N–H and O–H groups in total. The average Bonchev–Trinajstić information content (AvgIpc) is 2.61. The van der Waals surface area contributed by atoms with E-state index in [2.05, 4.69) is 15.8 Å². The highest BCUT2D eigenvalue weighted by Gasteiger charge is 2.02. The van der Waals surface area contributed by atoms with Crippen LogP contribution >= 0.6 is 0 Å². The number of rotatable bonds is 6. The molecule has 0 aliphatic rings. The fourth-order valence-electron chi connectivity index (χ4n) is 1.82. The third-order valence-electron chi connectivity index (χ3n) is 3.06. The van der Waals surface area contributed by atoms with Gasteiger partial charge in [-0.05, 0) is 23.8 Å². The minimum atomic E-state index is -0.518. The summed E-state index contributed by atoms with van der Waals surface area (Å²) in [5.74, 6) is -1.17. The van der Waals surface area contributed by atoms with Crippen molar-refractivity contribution in [2.45, 2.75) is 0 Å². The number of benzene rings is 2. The van der Waals surface area contributed by atoms with Crippen LogP contribution < -0.4 is 10.7 Å². The summed E-state index contributed by atoms with van der Waals surface area (Å²) in [5.41, 5.74) is 3.42. The fraction of sp³-hybridized carbons (Fsp3) is 0.0556. The third kappa shape index (κ3) is 6.19. The first kappa shape index (κ1) is 17.7. The Morgan fingerprint density at radius 2 is 1.84 bits per heavy atom. The van der Waals surface area contributed by atoms with Crippen molar-refractivity contribution in [1.82, 2.24) is 10.7 Å². The van der Waals surface area contributed by atoms with E-state index in [1.165, 1.54) is 24.4 Å². The van der Waals surface area contributed by atoms with E-state index in [4.69, 9.17) is 5.11 Å². The molecule has 2 aromatic rings. The fourth-order valence-corrected chi connectivity index (χ4v) is 1.82. The summed E-state index contributed by atoms with van der Waals surface area (Å²) in [7, 11) is 0. The van der Waals surface area contributed by atoms with E-state index in [1.807, 2.05) is 30.3 Å². The molecule has 0 saturated carbocycles. The summed E-state index contributed by atoms with van der Waals surface area (Å²) >= 11 is 0. The third-order valence-corrected chi connectivity index (χ3v) is 3.06. The molecule has 0 heterocycles. The second-order valence-corrected chi connectivity index (χ2v) is 5.00. The van der Waals surface area contributed by atoms with E-state index in [1.54, 1.807) is 6.08 Å². The Labute approximate surface area is 144 Å². The van der Waals surface area contributed by atoms with Crippen LogP contribution in [0.3, 0.4) is 0 Å². The van der Waals surface area contributed by atoms with Gasteiger partial charge in [-0.2, -0.15) is 5.10 Å². The minimum absolute atomic E-state index is 0.0787. The van der Waals surface area contributed by atoms with Gasteiger partial charge in [0.05, 0.1) is 12.8 Å². The molecule has 0 atom stereocenters. The topological polar surface area (TPSA) is 111 Å². The Bertz CT molecular complexity index is 801. The molecule has 0 spiro atoms. The molecule has 0 saturated heterocycles. The van der Waals surface area contributed by atoms with Gasteiger partial charge in [0.2, 0.25) is 5.91 Å². The molecule has 25 heavy (non-hydrogen) atoms. The van der Waals surface area contributed by atoms with Gasteiger partial charge < -0.3 is 15.5 Å². The van der Waals surface area contributed by atoms with E-state index in [-0.39, 0.29) is 18.0 Å². The number of nitrogens with zero attached hydrogens (tertiary/aromatic N) is 1. The lowest BCUT2D eigenvalue weighted by molar-refractivity contribution is -0.123. The Morgan fingerprint density at radius 1 is 1.08 bits per heavy atom. The number of phenolic OH excluding ortho intramolecular Hbond substituents is 2. The lowest BCUT2D eigenvalue weighted by atomic mass is 10.2. The molecular weight excluding hydrogens is 322 g/mol. The van der Waals surface area contributed by atoms with Crippen LogP contribution in [-0.2, 0) is 9.59 Å². The number of hydrazone groups is 1. The molecule has 2 amide bonds. The SMILES string of the molecule is O=C(/C=C\c1ccccc1)NCC(=O)NN=Cc1ccc(O)cc1O. The lowest BCUT2D eigenvalue weighted by Crippen LogP contribution is -2.34. The van der Waals surface area contributed by atoms with Gasteiger partial charge in [-0.3, -0.25) is 9.59 Å². The zero-order chi connectivity index (χ0) is 18.1. The maximum atomic E-state index is 11.6. The van der Waals surface area contributed by atoms with Gasteiger partial charge in [0.1, 0.15) is 11.5 Å². The van der Waals surface area contributed by atoms with Crippen LogP contribution in [-0.4, -0.2) is 34.8 Å². The number of hydrogen-bond donors (Lipinski definition) is 4. The van der Waals surface area contributed by atoms with E-state index in [0.29, 0.717) is 5.56 Å². The van der Waals surface area contributed by atoms with Crippen LogP contribution in [0, 0.1) is 0 Å². The summed E-state index contributed by atoms with van der Waals surface area (Å²) in [6.07, 6.45) is 4.20. The van der Waals surface area contributed by atoms with Crippen LogP contribution in [0.15, 0.2) is 59.7 Å². The summed E-state index contributed by atoms with van der Waals surface area (Å²) in [6, 6.07) is 13.3. The smallest absolute Gasteiger partial charge is 0.259 e. The van der Waals surface area contributed by atoms with Crippen LogP contribution in [0.2, 0.25) is 0 Å². The van der Waals surface area contributed by atoms with Crippen molar-refractivity contribution in [2.75, 3.05) is 6.54 Å². The maximum absolute atomic E-state index is 11.6. The number of hydrogen-bond acceptors (Lipinski definition) is 5. The Morgan fingerprint density at radius 3 is 2.56 bits per heavy atom. The Balaban J connectivity index is 1.75. The van der Waals surface area contributed by atoms with E-state index >= 15 is 0 Å². The number of aromatic hydroxyl groups is 2. The molecule has 128 valence electrons. The number of carbonyl (C=O) groups is 2. The minimum Gasteiger partial charge on any atom is -0.508 e. The van der Waals surface area contributed by atoms with Crippen molar-refractivity contribution in [3.63, 3.8) is 0 Å². The van der Waals surface area contributed by atoms with Gasteiger partial charge in [0.25, 0.3) is 5.91 Å². The van der Waals surface area contributed by atoms with Crippen LogP contribution in [0.1, 0.15) is 11.1 Å². The number of carbonyl (C=O) groups excluding carboxylic acids is 2. The standard InChI is InChI=1S/C18H17N3O4/c22-15-8-7-14(16(23)10-15)11-20-21-18(25)12-19-17(24)9-6-13-4-2-1-3-5-13/h1-11,22-23H,12H2,(H,19,24)(H,21,25)/b9-6-,20-11?. The first-order valence-corrected chi connectivity index (χ1v) is 7.39. The van der Waals surface area contributed by atoms with Gasteiger partial charge >= 0.3 is 0 Å². The molecule has 7 heteroatoms. The van der Waals surface area contributed by atoms with Crippen molar-refractivity contribution in [2.24, 2.45) is 5.10 Å². The van der Waals surface area contributed by atoms with E-state index < -0.39 is 11.8 Å². The molecule has 0 fully saturated rings. The quantitative estimate of drug-likeness (QED) is 0.362. The number of phenols is 2. The molecular formula is C18H17N3O4. The number of nitrogens with one attached hydrogen (secondary N) is 2. The molecule has 0 aliphatic carbocycles. The highest BCUT2D eigenvalue weighted by atomic mass is 16.3. The maximum Gasteiger partial charge on any atom is 0.259 e. The van der Waals surface area contributed by atoms with E-state index in [9.17, 15) is 14.7 Å². The van der Waals surface area contributed by atoms with Gasteiger partial charge in [-0.1, -0.05) is 30.3 Å². The van der Waals surface area contributed by atoms with Crippen molar-refractivity contribution < 1.29 is 19.8 Å². The summed E-state index contributed by atoms with van der Waals surface area (Å²) < 4.78 is 0. The second-order valence-electron chi connectivity index (χ2n) is 5.00. The van der Waals surface area contributed by atoms with Crippen LogP contribution in [0.4, 0.5) is 0 Å². The van der Waals surface area contributed by atoms with Crippen molar-refractivity contribution in [3.05, 3.63) is 65.7 Å². The van der Waals surface area contributed by atoms with E-state index in [0.717, 1.165) is 11.6 Å². The second kappa shape index (κ2) is 8.88. The van der Waals surface area contributed by atoms with Crippen LogP contribution in [0.5, 0.6) is 11.5 Å². The first-order valence-electron chi connectivity index (χ1n) is 7.39. The molecule has 0 radical (unpaired) electrons. The Kier molecular flexibility index (Phi) is 6.30. The molecule has 0 aliphatic heterocycles. The monoisotopic (exact) mass is 339 g/mol. The molecule has 2 aromatic carbocycles. The summed E-state index contributed by atoms with van der Waals surface area (Å²) in [5, 5.41) is 24.8. The van der Waals surface area contributed by atoms with Gasteiger partial charge in [-0.15, -0.1) is 0 Å². The molecule has 2 rings (SSSR count). The summed E-state index contributed by atoms with van der Waals surface area (Å²) in [6.45, 7) is -0.239. The van der Waals surface area contributed by atoms with Gasteiger partial charge in [-0.25, -0.2) is 5.43 Å². The van der Waals surface area contributed by atoms with Crippen LogP contribution in [0.25, 0.3) is 6.08 Å². The predicted molar refractivity (Wildman–Crippen MR) is 94.0 cm³/mol. The highest BCUT2D eigenvalue weighted by Crippen LogP contribution is 2.20. The van der Waals surface area contributed by atoms with Gasteiger partial charge in [0.15, 0.2) is 0 Å². The van der Waals surface area contributed by atoms with Gasteiger partial charge in [0, 0.05) is 17.7 Å². The summed E-state index contributed by atoms with van der Waals surface area (Å²) in [4.78, 5) is 23.2. The molecule has 0 aromatic heterocycles. The molecule has 7 nitrogen and oxygen atoms in total.